The minimum Gasteiger partial charge on any atom is -0.494 e. The second-order valence-electron chi connectivity index (χ2n) is 15.1. The average molecular weight is 727 g/mol. The molecule has 0 spiro atoms. The molecule has 290 valence electrons. The van der Waals surface area contributed by atoms with Crippen LogP contribution in [0.2, 0.25) is 0 Å². The topological polar surface area (TPSA) is 71.1 Å². The van der Waals surface area contributed by atoms with Gasteiger partial charge in [0.2, 0.25) is 0 Å². The molecule has 6 nitrogen and oxygen atoms in total. The number of ether oxygens (including phenoxy) is 4. The summed E-state index contributed by atoms with van der Waals surface area (Å²) >= 11 is 0. The molecule has 0 unspecified atom stereocenters. The Morgan fingerprint density at radius 1 is 0.604 bits per heavy atom. The first-order chi connectivity index (χ1) is 26.0. The van der Waals surface area contributed by atoms with Gasteiger partial charge in [-0.25, -0.2) is 4.79 Å². The molecule has 3 aromatic rings. The van der Waals surface area contributed by atoms with Crippen molar-refractivity contribution in [1.82, 2.24) is 0 Å². The van der Waals surface area contributed by atoms with E-state index in [1.807, 2.05) is 31.2 Å². The van der Waals surface area contributed by atoms with E-state index in [9.17, 15) is 9.59 Å². The number of esters is 2. The summed E-state index contributed by atoms with van der Waals surface area (Å²) in [5.41, 5.74) is 2.76. The van der Waals surface area contributed by atoms with Gasteiger partial charge in [0.25, 0.3) is 0 Å². The molecule has 0 amide bonds. The van der Waals surface area contributed by atoms with E-state index in [1.165, 1.54) is 96.3 Å². The van der Waals surface area contributed by atoms with Crippen LogP contribution in [0.25, 0.3) is 11.1 Å². The Hall–Kier alpha value is -3.80. The molecule has 1 fully saturated rings. The van der Waals surface area contributed by atoms with Crippen LogP contribution >= 0.6 is 0 Å². The highest BCUT2D eigenvalue weighted by Gasteiger charge is 2.17. The molecule has 6 heteroatoms. The molecule has 53 heavy (non-hydrogen) atoms. The maximum Gasteiger partial charge on any atom is 0.338 e. The van der Waals surface area contributed by atoms with Crippen LogP contribution in [-0.2, 0) is 14.3 Å². The maximum absolute atomic E-state index is 12.5. The third-order valence-corrected chi connectivity index (χ3v) is 10.4. The van der Waals surface area contributed by atoms with Crippen LogP contribution in [0.3, 0.4) is 0 Å². The molecule has 0 heterocycles. The Labute approximate surface area is 320 Å². The van der Waals surface area contributed by atoms with Crippen LogP contribution in [-0.4, -0.2) is 31.3 Å². The van der Waals surface area contributed by atoms with Gasteiger partial charge in [-0.2, -0.15) is 0 Å². The molecule has 0 N–H and O–H groups in total. The molecule has 0 saturated heterocycles. The van der Waals surface area contributed by atoms with Gasteiger partial charge in [-0.05, 0) is 111 Å². The van der Waals surface area contributed by atoms with Gasteiger partial charge in [0.1, 0.15) is 17.2 Å². The van der Waals surface area contributed by atoms with Crippen LogP contribution in [0.5, 0.6) is 17.2 Å². The van der Waals surface area contributed by atoms with E-state index in [1.54, 1.807) is 24.3 Å². The molecule has 1 saturated carbocycles. The number of carbonyl (C=O) groups is 2. The Kier molecular flexibility index (Phi) is 20.0. The molecule has 1 aliphatic carbocycles. The zero-order valence-corrected chi connectivity index (χ0v) is 32.8. The van der Waals surface area contributed by atoms with Gasteiger partial charge in [0.15, 0.2) is 0 Å². The first kappa shape index (κ1) is 41.9. The van der Waals surface area contributed by atoms with Gasteiger partial charge in [-0.15, -0.1) is 0 Å². The van der Waals surface area contributed by atoms with E-state index in [0.29, 0.717) is 30.3 Å². The number of carbonyl (C=O) groups excluding carboxylic acids is 2. The van der Waals surface area contributed by atoms with Gasteiger partial charge < -0.3 is 18.9 Å². The molecule has 3 aromatic carbocycles. The molecule has 0 bridgehead atoms. The first-order valence-electron chi connectivity index (χ1n) is 21.0. The van der Waals surface area contributed by atoms with Crippen molar-refractivity contribution in [3.63, 3.8) is 0 Å². The number of benzene rings is 3. The summed E-state index contributed by atoms with van der Waals surface area (Å²) in [7, 11) is 0. The largest absolute Gasteiger partial charge is 0.494 e. The lowest BCUT2D eigenvalue weighted by Crippen LogP contribution is -2.15. The van der Waals surface area contributed by atoms with Gasteiger partial charge in [0.05, 0.1) is 24.9 Å². The zero-order valence-electron chi connectivity index (χ0n) is 32.8. The number of unbranched alkanes of at least 4 members (excludes halogenated alkanes) is 11. The highest BCUT2D eigenvalue weighted by molar-refractivity contribution is 5.89. The maximum atomic E-state index is 12.5. The van der Waals surface area contributed by atoms with Crippen LogP contribution in [0.4, 0.5) is 0 Å². The second-order valence-corrected chi connectivity index (χ2v) is 15.1. The lowest BCUT2D eigenvalue weighted by Gasteiger charge is -2.13. The van der Waals surface area contributed by atoms with Gasteiger partial charge in [0, 0.05) is 6.42 Å². The number of rotatable bonds is 25. The van der Waals surface area contributed by atoms with E-state index in [0.717, 1.165) is 61.3 Å². The van der Waals surface area contributed by atoms with Gasteiger partial charge >= 0.3 is 11.9 Å². The monoisotopic (exact) mass is 726 g/mol. The van der Waals surface area contributed by atoms with E-state index in [-0.39, 0.29) is 18.0 Å². The fraction of sp³-hybridized carbons (Fsp3) is 0.574. The molecule has 0 radical (unpaired) electrons. The SMILES string of the molecule is CCCCCC[C@H](C)OC(=O)c1ccc(Oc2ccc(-c3ccc(OCCCCCCCCCCCOC(=O)CC4CCCCCC4)cc3)cc2)cc1. The van der Waals surface area contributed by atoms with Crippen LogP contribution in [0, 0.1) is 5.92 Å². The van der Waals surface area contributed by atoms with Crippen LogP contribution in [0.15, 0.2) is 72.8 Å². The predicted molar refractivity (Wildman–Crippen MR) is 216 cm³/mol. The van der Waals surface area contributed by atoms with Crippen LogP contribution < -0.4 is 9.47 Å². The van der Waals surface area contributed by atoms with E-state index in [4.69, 9.17) is 18.9 Å². The van der Waals surface area contributed by atoms with Crippen molar-refractivity contribution in [1.29, 1.82) is 0 Å². The fourth-order valence-electron chi connectivity index (χ4n) is 7.10. The Morgan fingerprint density at radius 3 is 1.70 bits per heavy atom. The number of hydrogen-bond acceptors (Lipinski definition) is 6. The second kappa shape index (κ2) is 25.3. The first-order valence-corrected chi connectivity index (χ1v) is 21.0. The van der Waals surface area contributed by atoms with Crippen molar-refractivity contribution in [2.75, 3.05) is 13.2 Å². The van der Waals surface area contributed by atoms with Crippen LogP contribution in [0.1, 0.15) is 159 Å². The lowest BCUT2D eigenvalue weighted by atomic mass is 9.97. The smallest absolute Gasteiger partial charge is 0.338 e. The molecule has 0 aliphatic heterocycles. The summed E-state index contributed by atoms with van der Waals surface area (Å²) in [4.78, 5) is 24.6. The molecule has 0 aromatic heterocycles. The quantitative estimate of drug-likeness (QED) is 0.0492. The summed E-state index contributed by atoms with van der Waals surface area (Å²) in [6.07, 6.45) is 24.4. The third-order valence-electron chi connectivity index (χ3n) is 10.4. The minimum absolute atomic E-state index is 0.0197. The molecular formula is C47H66O6. The normalized spacial score (nSPS) is 13.9. The van der Waals surface area contributed by atoms with Crippen molar-refractivity contribution in [2.45, 2.75) is 155 Å². The summed E-state index contributed by atoms with van der Waals surface area (Å²) in [5, 5.41) is 0. The summed E-state index contributed by atoms with van der Waals surface area (Å²) in [6.45, 7) is 5.49. The Morgan fingerprint density at radius 2 is 1.11 bits per heavy atom. The number of hydrogen-bond donors (Lipinski definition) is 0. The van der Waals surface area contributed by atoms with Gasteiger partial charge in [-0.3, -0.25) is 4.79 Å². The summed E-state index contributed by atoms with van der Waals surface area (Å²) in [6, 6.07) is 23.4. The predicted octanol–water partition coefficient (Wildman–Crippen LogP) is 13.5. The van der Waals surface area contributed by atoms with Crippen molar-refractivity contribution >= 4 is 11.9 Å². The Bertz CT molecular complexity index is 1410. The molecule has 4 rings (SSSR count). The highest BCUT2D eigenvalue weighted by Crippen LogP contribution is 2.28. The average Bonchev–Trinajstić information content (AvgIpc) is 3.44. The van der Waals surface area contributed by atoms with Crippen molar-refractivity contribution < 1.29 is 28.5 Å². The zero-order chi connectivity index (χ0) is 37.4. The highest BCUT2D eigenvalue weighted by atomic mass is 16.5. The summed E-state index contributed by atoms with van der Waals surface area (Å²) in [5.74, 6) is 2.59. The third kappa shape index (κ3) is 17.3. The molecule has 1 aliphatic rings. The summed E-state index contributed by atoms with van der Waals surface area (Å²) < 4.78 is 23.2. The van der Waals surface area contributed by atoms with E-state index < -0.39 is 0 Å². The van der Waals surface area contributed by atoms with E-state index >= 15 is 0 Å². The van der Waals surface area contributed by atoms with E-state index in [2.05, 4.69) is 31.2 Å². The van der Waals surface area contributed by atoms with Crippen molar-refractivity contribution in [2.24, 2.45) is 5.92 Å². The molecule has 1 atom stereocenters. The standard InChI is InChI=1S/C47H66O6/c1-3-4-5-15-20-38(2)52-47(49)42-27-33-45(34-28-42)53-44-31-25-41(26-32-44)40-23-29-43(30-24-40)50-35-18-13-9-7-6-8-10-14-19-36-51-46(48)37-39-21-16-11-12-17-22-39/h23-34,38-39H,3-22,35-37H2,1-2H3/t38-/m0/s1. The van der Waals surface area contributed by atoms with Gasteiger partial charge in [-0.1, -0.05) is 121 Å². The van der Waals surface area contributed by atoms with Crippen molar-refractivity contribution in [3.8, 4) is 28.4 Å². The fourth-order valence-corrected chi connectivity index (χ4v) is 7.10. The minimum atomic E-state index is -0.290. The Balaban J connectivity index is 1.01. The molecular weight excluding hydrogens is 661 g/mol. The van der Waals surface area contributed by atoms with Crippen molar-refractivity contribution in [3.05, 3.63) is 78.4 Å². The lowest BCUT2D eigenvalue weighted by molar-refractivity contribution is -0.145.